The van der Waals surface area contributed by atoms with Crippen molar-refractivity contribution in [1.82, 2.24) is 24.0 Å². The summed E-state index contributed by atoms with van der Waals surface area (Å²) >= 11 is 0. The monoisotopic (exact) mass is 403 g/mol. The normalized spacial score (nSPS) is 21.0. The SMILES string of the molecule is CC(C)CN1C[C@@H]2C[C@H](C1)c1cc(-c3ccc(Cn4ccnc4)cn3)cc(=O)n1C2. The molecule has 30 heavy (non-hydrogen) atoms. The van der Waals surface area contributed by atoms with Crippen molar-refractivity contribution in [1.29, 1.82) is 0 Å². The van der Waals surface area contributed by atoms with E-state index in [9.17, 15) is 4.79 Å². The lowest BCUT2D eigenvalue weighted by Crippen LogP contribution is -2.48. The maximum Gasteiger partial charge on any atom is 0.251 e. The molecule has 0 unspecified atom stereocenters. The van der Waals surface area contributed by atoms with Gasteiger partial charge in [-0.05, 0) is 36.0 Å². The summed E-state index contributed by atoms with van der Waals surface area (Å²) in [5.41, 5.74) is 4.21. The van der Waals surface area contributed by atoms with E-state index in [0.717, 1.165) is 49.5 Å². The lowest BCUT2D eigenvalue weighted by Gasteiger charge is -2.43. The molecule has 5 heterocycles. The Labute approximate surface area is 177 Å². The lowest BCUT2D eigenvalue weighted by atomic mass is 9.82. The first-order chi connectivity index (χ1) is 14.5. The van der Waals surface area contributed by atoms with Crippen LogP contribution < -0.4 is 5.56 Å². The van der Waals surface area contributed by atoms with E-state index >= 15 is 0 Å². The standard InChI is InChI=1S/C24H29N5O/c1-17(2)11-28-13-19-7-21(15-28)23-8-20(9-24(30)29(23)14-19)22-4-3-18(10-26-22)12-27-6-5-25-16-27/h3-6,8-10,16-17,19,21H,7,11-15H2,1-2H3/t19-,21+/m0/s1. The smallest absolute Gasteiger partial charge is 0.251 e. The number of fused-ring (bicyclic) bond motifs is 4. The summed E-state index contributed by atoms with van der Waals surface area (Å²) in [5, 5.41) is 0. The average molecular weight is 404 g/mol. The molecule has 5 rings (SSSR count). The molecule has 6 heteroatoms. The predicted molar refractivity (Wildman–Crippen MR) is 117 cm³/mol. The summed E-state index contributed by atoms with van der Waals surface area (Å²) in [6.45, 7) is 9.45. The number of nitrogens with zero attached hydrogens (tertiary/aromatic N) is 5. The van der Waals surface area contributed by atoms with Crippen LogP contribution in [0.3, 0.4) is 0 Å². The third kappa shape index (κ3) is 3.84. The van der Waals surface area contributed by atoms with Crippen LogP contribution in [0.15, 0.2) is 54.0 Å². The van der Waals surface area contributed by atoms with E-state index < -0.39 is 0 Å². The van der Waals surface area contributed by atoms with Gasteiger partial charge in [-0.1, -0.05) is 19.9 Å². The van der Waals surface area contributed by atoms with Crippen molar-refractivity contribution in [2.24, 2.45) is 11.8 Å². The zero-order valence-electron chi connectivity index (χ0n) is 17.7. The highest BCUT2D eigenvalue weighted by molar-refractivity contribution is 5.59. The number of hydrogen-bond donors (Lipinski definition) is 0. The maximum atomic E-state index is 12.9. The van der Waals surface area contributed by atoms with E-state index in [2.05, 4.69) is 40.8 Å². The molecule has 156 valence electrons. The zero-order valence-corrected chi connectivity index (χ0v) is 17.7. The van der Waals surface area contributed by atoms with Gasteiger partial charge in [-0.2, -0.15) is 0 Å². The van der Waals surface area contributed by atoms with Crippen LogP contribution in [0.4, 0.5) is 0 Å². The average Bonchev–Trinajstić information content (AvgIpc) is 3.22. The summed E-state index contributed by atoms with van der Waals surface area (Å²) in [4.78, 5) is 24.3. The second-order valence-electron chi connectivity index (χ2n) is 9.32. The third-order valence-corrected chi connectivity index (χ3v) is 6.30. The van der Waals surface area contributed by atoms with Crippen LogP contribution in [-0.4, -0.2) is 43.6 Å². The quantitative estimate of drug-likeness (QED) is 0.656. The van der Waals surface area contributed by atoms with E-state index in [1.54, 1.807) is 18.6 Å². The summed E-state index contributed by atoms with van der Waals surface area (Å²) in [5.74, 6) is 1.69. The minimum atomic E-state index is 0.110. The van der Waals surface area contributed by atoms with Gasteiger partial charge in [-0.15, -0.1) is 0 Å². The molecule has 2 atom stereocenters. The summed E-state index contributed by atoms with van der Waals surface area (Å²) in [7, 11) is 0. The number of rotatable bonds is 5. The van der Waals surface area contributed by atoms with Crippen molar-refractivity contribution < 1.29 is 0 Å². The lowest BCUT2D eigenvalue weighted by molar-refractivity contribution is 0.109. The fraction of sp³-hybridized carbons (Fsp3) is 0.458. The first-order valence-electron chi connectivity index (χ1n) is 10.9. The molecule has 0 N–H and O–H groups in total. The fourth-order valence-electron chi connectivity index (χ4n) is 5.15. The topological polar surface area (TPSA) is 56.0 Å². The van der Waals surface area contributed by atoms with Crippen molar-refractivity contribution in [3.63, 3.8) is 0 Å². The Morgan fingerprint density at radius 3 is 2.80 bits per heavy atom. The first kappa shape index (κ1) is 19.2. The molecule has 2 aliphatic heterocycles. The Balaban J connectivity index is 1.42. The Kier molecular flexibility index (Phi) is 5.03. The number of pyridine rings is 2. The first-order valence-corrected chi connectivity index (χ1v) is 10.9. The Morgan fingerprint density at radius 2 is 2.07 bits per heavy atom. The highest BCUT2D eigenvalue weighted by atomic mass is 16.1. The molecular weight excluding hydrogens is 374 g/mol. The van der Waals surface area contributed by atoms with Gasteiger partial charge in [-0.25, -0.2) is 4.98 Å². The molecule has 3 aromatic heterocycles. The molecular formula is C24H29N5O. The highest BCUT2D eigenvalue weighted by Gasteiger charge is 2.35. The third-order valence-electron chi connectivity index (χ3n) is 6.30. The van der Waals surface area contributed by atoms with Gasteiger partial charge in [0.05, 0.1) is 12.0 Å². The van der Waals surface area contributed by atoms with Gasteiger partial charge < -0.3 is 14.0 Å². The van der Waals surface area contributed by atoms with Gasteiger partial charge in [0.25, 0.3) is 5.56 Å². The van der Waals surface area contributed by atoms with Gasteiger partial charge in [0.1, 0.15) is 0 Å². The summed E-state index contributed by atoms with van der Waals surface area (Å²) in [6, 6.07) is 8.07. The summed E-state index contributed by atoms with van der Waals surface area (Å²) in [6.07, 6.45) is 8.61. The van der Waals surface area contributed by atoms with E-state index in [1.807, 2.05) is 27.6 Å². The zero-order chi connectivity index (χ0) is 20.7. The van der Waals surface area contributed by atoms with Gasteiger partial charge in [0.2, 0.25) is 0 Å². The minimum Gasteiger partial charge on any atom is -0.333 e. The van der Waals surface area contributed by atoms with Crippen molar-refractivity contribution in [3.8, 4) is 11.3 Å². The number of piperidine rings is 1. The number of hydrogen-bond acceptors (Lipinski definition) is 4. The van der Waals surface area contributed by atoms with Crippen molar-refractivity contribution >= 4 is 0 Å². The van der Waals surface area contributed by atoms with Crippen molar-refractivity contribution in [2.45, 2.75) is 39.3 Å². The van der Waals surface area contributed by atoms with Crippen LogP contribution in [0.5, 0.6) is 0 Å². The number of likely N-dealkylation sites (tertiary alicyclic amines) is 1. The Bertz CT molecular complexity index is 1070. The van der Waals surface area contributed by atoms with Gasteiger partial charge in [0.15, 0.2) is 0 Å². The van der Waals surface area contributed by atoms with Crippen LogP contribution in [-0.2, 0) is 13.1 Å². The van der Waals surface area contributed by atoms with Crippen LogP contribution in [0.1, 0.15) is 37.4 Å². The Hall–Kier alpha value is -2.73. The molecule has 2 bridgehead atoms. The Morgan fingerprint density at radius 1 is 1.17 bits per heavy atom. The van der Waals surface area contributed by atoms with Crippen LogP contribution in [0.2, 0.25) is 0 Å². The van der Waals surface area contributed by atoms with E-state index in [-0.39, 0.29) is 5.56 Å². The number of aromatic nitrogens is 4. The van der Waals surface area contributed by atoms with E-state index in [1.165, 1.54) is 12.1 Å². The van der Waals surface area contributed by atoms with Gasteiger partial charge in [-0.3, -0.25) is 9.78 Å². The largest absolute Gasteiger partial charge is 0.333 e. The molecule has 0 aromatic carbocycles. The van der Waals surface area contributed by atoms with Crippen molar-refractivity contribution in [2.75, 3.05) is 19.6 Å². The van der Waals surface area contributed by atoms with Gasteiger partial charge >= 0.3 is 0 Å². The summed E-state index contributed by atoms with van der Waals surface area (Å²) < 4.78 is 4.03. The molecule has 1 fully saturated rings. The predicted octanol–water partition coefficient (Wildman–Crippen LogP) is 3.23. The molecule has 0 radical (unpaired) electrons. The fourth-order valence-corrected chi connectivity index (χ4v) is 5.15. The minimum absolute atomic E-state index is 0.110. The molecule has 0 amide bonds. The maximum absolute atomic E-state index is 12.9. The van der Waals surface area contributed by atoms with Crippen LogP contribution in [0.25, 0.3) is 11.3 Å². The molecule has 3 aromatic rings. The number of imidazole rings is 1. The molecule has 6 nitrogen and oxygen atoms in total. The van der Waals surface area contributed by atoms with Crippen LogP contribution >= 0.6 is 0 Å². The highest BCUT2D eigenvalue weighted by Crippen LogP contribution is 2.36. The molecule has 0 saturated carbocycles. The second-order valence-corrected chi connectivity index (χ2v) is 9.32. The molecule has 1 saturated heterocycles. The molecule has 2 aliphatic rings. The van der Waals surface area contributed by atoms with Crippen molar-refractivity contribution in [3.05, 3.63) is 70.8 Å². The molecule has 0 spiro atoms. The van der Waals surface area contributed by atoms with E-state index in [4.69, 9.17) is 0 Å². The second kappa shape index (κ2) is 7.84. The van der Waals surface area contributed by atoms with Gasteiger partial charge in [0, 0.05) is 74.6 Å². The molecule has 0 aliphatic carbocycles. The van der Waals surface area contributed by atoms with E-state index in [0.29, 0.717) is 17.8 Å². The van der Waals surface area contributed by atoms with Crippen LogP contribution in [0, 0.1) is 11.8 Å².